The Bertz CT molecular complexity index is 723. The van der Waals surface area contributed by atoms with E-state index in [1.807, 2.05) is 49.4 Å². The summed E-state index contributed by atoms with van der Waals surface area (Å²) in [6.07, 6.45) is 4.18. The van der Waals surface area contributed by atoms with E-state index in [0.29, 0.717) is 18.0 Å². The molecule has 0 bridgehead atoms. The summed E-state index contributed by atoms with van der Waals surface area (Å²) in [6.45, 7) is 4.67. The summed E-state index contributed by atoms with van der Waals surface area (Å²) in [5, 5.41) is 2.84. The summed E-state index contributed by atoms with van der Waals surface area (Å²) in [7, 11) is 1.58. The molecule has 4 heteroatoms. The number of hydrogen-bond acceptors (Lipinski definition) is 3. The number of ether oxygens (including phenoxy) is 2. The van der Waals surface area contributed by atoms with Gasteiger partial charge in [0.25, 0.3) is 0 Å². The molecule has 0 saturated carbocycles. The molecule has 0 saturated heterocycles. The Morgan fingerprint density at radius 2 is 1.96 bits per heavy atom. The highest BCUT2D eigenvalue weighted by Gasteiger charge is 2.06. The van der Waals surface area contributed by atoms with Crippen LogP contribution in [0.4, 0.5) is 5.69 Å². The molecule has 1 amide bonds. The molecule has 1 N–H and O–H groups in total. The smallest absolute Gasteiger partial charge is 0.248 e. The number of methoxy groups -OCH3 is 1. The van der Waals surface area contributed by atoms with Crippen molar-refractivity contribution in [2.24, 2.45) is 0 Å². The van der Waals surface area contributed by atoms with E-state index in [9.17, 15) is 4.79 Å². The lowest BCUT2D eigenvalue weighted by Gasteiger charge is -2.10. The zero-order valence-electron chi connectivity index (χ0n) is 14.3. The molecule has 0 aromatic heterocycles. The van der Waals surface area contributed by atoms with E-state index in [-0.39, 0.29) is 5.91 Å². The Balaban J connectivity index is 2.10. The lowest BCUT2D eigenvalue weighted by molar-refractivity contribution is -0.111. The van der Waals surface area contributed by atoms with Crippen molar-refractivity contribution in [2.75, 3.05) is 19.0 Å². The molecule has 2 rings (SSSR count). The highest BCUT2D eigenvalue weighted by Crippen LogP contribution is 2.25. The van der Waals surface area contributed by atoms with Gasteiger partial charge in [-0.1, -0.05) is 31.2 Å². The SMILES string of the molecule is CCCOc1ccccc1C=CC(=O)Nc1cc(C)ccc1OC. The minimum Gasteiger partial charge on any atom is -0.495 e. The number of para-hydroxylation sites is 1. The second-order valence-corrected chi connectivity index (χ2v) is 5.41. The van der Waals surface area contributed by atoms with Gasteiger partial charge in [-0.3, -0.25) is 4.79 Å². The molecule has 126 valence electrons. The maximum atomic E-state index is 12.2. The van der Waals surface area contributed by atoms with Crippen LogP contribution in [0, 0.1) is 6.92 Å². The van der Waals surface area contributed by atoms with Crippen molar-refractivity contribution in [3.63, 3.8) is 0 Å². The van der Waals surface area contributed by atoms with Crippen LogP contribution in [-0.2, 0) is 4.79 Å². The lowest BCUT2D eigenvalue weighted by atomic mass is 10.2. The minimum atomic E-state index is -0.218. The van der Waals surface area contributed by atoms with Crippen molar-refractivity contribution in [1.29, 1.82) is 0 Å². The number of anilines is 1. The van der Waals surface area contributed by atoms with E-state index < -0.39 is 0 Å². The van der Waals surface area contributed by atoms with Gasteiger partial charge in [0, 0.05) is 11.6 Å². The fourth-order valence-electron chi connectivity index (χ4n) is 2.22. The molecule has 0 atom stereocenters. The van der Waals surface area contributed by atoms with Crippen LogP contribution in [0.2, 0.25) is 0 Å². The number of carbonyl (C=O) groups is 1. The number of benzene rings is 2. The van der Waals surface area contributed by atoms with Gasteiger partial charge in [-0.15, -0.1) is 0 Å². The van der Waals surface area contributed by atoms with Crippen LogP contribution >= 0.6 is 0 Å². The zero-order valence-corrected chi connectivity index (χ0v) is 14.3. The summed E-state index contributed by atoms with van der Waals surface area (Å²) in [4.78, 5) is 12.2. The summed E-state index contributed by atoms with van der Waals surface area (Å²) >= 11 is 0. The van der Waals surface area contributed by atoms with Crippen molar-refractivity contribution >= 4 is 17.7 Å². The van der Waals surface area contributed by atoms with E-state index in [0.717, 1.165) is 23.3 Å². The first kappa shape index (κ1) is 17.6. The van der Waals surface area contributed by atoms with Crippen LogP contribution in [0.1, 0.15) is 24.5 Å². The minimum absolute atomic E-state index is 0.218. The second kappa shape index (κ2) is 8.77. The van der Waals surface area contributed by atoms with Crippen molar-refractivity contribution in [3.8, 4) is 11.5 Å². The van der Waals surface area contributed by atoms with Gasteiger partial charge in [-0.2, -0.15) is 0 Å². The number of aryl methyl sites for hydroxylation is 1. The van der Waals surface area contributed by atoms with Crippen LogP contribution in [0.3, 0.4) is 0 Å². The van der Waals surface area contributed by atoms with Crippen molar-refractivity contribution < 1.29 is 14.3 Å². The second-order valence-electron chi connectivity index (χ2n) is 5.41. The van der Waals surface area contributed by atoms with E-state index in [2.05, 4.69) is 12.2 Å². The first-order chi connectivity index (χ1) is 11.6. The molecular weight excluding hydrogens is 302 g/mol. The highest BCUT2D eigenvalue weighted by atomic mass is 16.5. The number of carbonyl (C=O) groups excluding carboxylic acids is 1. The third-order valence-corrected chi connectivity index (χ3v) is 3.41. The van der Waals surface area contributed by atoms with Gasteiger partial charge in [0.05, 0.1) is 19.4 Å². The molecule has 2 aromatic carbocycles. The average molecular weight is 325 g/mol. The third-order valence-electron chi connectivity index (χ3n) is 3.41. The van der Waals surface area contributed by atoms with Crippen LogP contribution < -0.4 is 14.8 Å². The number of amides is 1. The molecule has 2 aromatic rings. The predicted octanol–water partition coefficient (Wildman–Crippen LogP) is 4.44. The van der Waals surface area contributed by atoms with E-state index in [1.54, 1.807) is 13.2 Å². The molecular formula is C20H23NO3. The molecule has 0 spiro atoms. The van der Waals surface area contributed by atoms with E-state index in [4.69, 9.17) is 9.47 Å². The van der Waals surface area contributed by atoms with Gasteiger partial charge in [-0.05, 0) is 43.2 Å². The predicted molar refractivity (Wildman–Crippen MR) is 97.6 cm³/mol. The first-order valence-electron chi connectivity index (χ1n) is 7.99. The van der Waals surface area contributed by atoms with Crippen molar-refractivity contribution in [1.82, 2.24) is 0 Å². The van der Waals surface area contributed by atoms with Gasteiger partial charge in [0.1, 0.15) is 11.5 Å². The summed E-state index contributed by atoms with van der Waals surface area (Å²) in [6, 6.07) is 13.3. The van der Waals surface area contributed by atoms with Crippen molar-refractivity contribution in [2.45, 2.75) is 20.3 Å². The van der Waals surface area contributed by atoms with Gasteiger partial charge < -0.3 is 14.8 Å². The maximum Gasteiger partial charge on any atom is 0.248 e. The molecule has 4 nitrogen and oxygen atoms in total. The molecule has 0 aliphatic rings. The average Bonchev–Trinajstić information content (AvgIpc) is 2.59. The summed E-state index contributed by atoms with van der Waals surface area (Å²) in [5.41, 5.74) is 2.58. The van der Waals surface area contributed by atoms with Crippen LogP contribution in [0.5, 0.6) is 11.5 Å². The normalized spacial score (nSPS) is 10.6. The van der Waals surface area contributed by atoms with E-state index >= 15 is 0 Å². The van der Waals surface area contributed by atoms with Gasteiger partial charge in [0.2, 0.25) is 5.91 Å². The van der Waals surface area contributed by atoms with E-state index in [1.165, 1.54) is 6.08 Å². The Morgan fingerprint density at radius 1 is 1.17 bits per heavy atom. The van der Waals surface area contributed by atoms with Gasteiger partial charge in [0.15, 0.2) is 0 Å². The molecule has 24 heavy (non-hydrogen) atoms. The van der Waals surface area contributed by atoms with Gasteiger partial charge >= 0.3 is 0 Å². The van der Waals surface area contributed by atoms with Crippen LogP contribution in [0.25, 0.3) is 6.08 Å². The Kier molecular flexibility index (Phi) is 6.43. The summed E-state index contributed by atoms with van der Waals surface area (Å²) in [5.74, 6) is 1.19. The standard InChI is InChI=1S/C20H23NO3/c1-4-13-24-18-8-6-5-7-16(18)10-12-20(22)21-17-14-15(2)9-11-19(17)23-3/h5-12,14H,4,13H2,1-3H3,(H,21,22). The third kappa shape index (κ3) is 4.88. The topological polar surface area (TPSA) is 47.6 Å². The molecule has 0 aliphatic carbocycles. The first-order valence-corrected chi connectivity index (χ1v) is 7.99. The number of hydrogen-bond donors (Lipinski definition) is 1. The Hall–Kier alpha value is -2.75. The highest BCUT2D eigenvalue weighted by molar-refractivity contribution is 6.03. The van der Waals surface area contributed by atoms with Crippen LogP contribution in [0.15, 0.2) is 48.5 Å². The fraction of sp³-hybridized carbons (Fsp3) is 0.250. The Labute approximate surface area is 143 Å². The molecule has 0 heterocycles. The zero-order chi connectivity index (χ0) is 17.4. The summed E-state index contributed by atoms with van der Waals surface area (Å²) < 4.78 is 11.0. The van der Waals surface area contributed by atoms with Crippen LogP contribution in [-0.4, -0.2) is 19.6 Å². The molecule has 0 radical (unpaired) electrons. The Morgan fingerprint density at radius 3 is 2.71 bits per heavy atom. The monoisotopic (exact) mass is 325 g/mol. The largest absolute Gasteiger partial charge is 0.495 e. The molecule has 0 unspecified atom stereocenters. The lowest BCUT2D eigenvalue weighted by Crippen LogP contribution is -2.09. The number of rotatable bonds is 7. The fourth-order valence-corrected chi connectivity index (χ4v) is 2.22. The molecule has 0 fully saturated rings. The van der Waals surface area contributed by atoms with Crippen molar-refractivity contribution in [3.05, 3.63) is 59.7 Å². The molecule has 0 aliphatic heterocycles. The van der Waals surface area contributed by atoms with Gasteiger partial charge in [-0.25, -0.2) is 0 Å². The quantitative estimate of drug-likeness (QED) is 0.765. The number of nitrogens with one attached hydrogen (secondary N) is 1. The maximum absolute atomic E-state index is 12.2.